The average Bonchev–Trinajstić information content (AvgIpc) is 3.40. The molecule has 1 N–H and O–H groups in total. The molecule has 1 aliphatic rings. The summed E-state index contributed by atoms with van der Waals surface area (Å²) in [6.07, 6.45) is 0. The molecular weight excluding hydrogens is 470 g/mol. The molecule has 0 bridgehead atoms. The molecule has 194 valence electrons. The molecule has 0 spiro atoms. The van der Waals surface area contributed by atoms with Crippen molar-refractivity contribution in [1.29, 1.82) is 0 Å². The van der Waals surface area contributed by atoms with Crippen LogP contribution in [0.3, 0.4) is 0 Å². The van der Waals surface area contributed by atoms with E-state index in [0.29, 0.717) is 11.4 Å². The van der Waals surface area contributed by atoms with Gasteiger partial charge in [-0.1, -0.05) is 0 Å². The number of aromatic amines is 1. The van der Waals surface area contributed by atoms with Gasteiger partial charge in [-0.2, -0.15) is 0 Å². The third kappa shape index (κ3) is 4.89. The number of pyridine rings is 1. The zero-order valence-corrected chi connectivity index (χ0v) is 21.9. The number of benzene rings is 2. The van der Waals surface area contributed by atoms with Crippen LogP contribution in [0.15, 0.2) is 53.3 Å². The number of tetrazole rings is 1. The molecule has 5 rings (SSSR count). The maximum Gasteiger partial charge on any atom is 0.253 e. The highest BCUT2D eigenvalue weighted by Crippen LogP contribution is 2.31. The third-order valence-electron chi connectivity index (χ3n) is 6.87. The lowest BCUT2D eigenvalue weighted by molar-refractivity contribution is 0.190. The van der Waals surface area contributed by atoms with E-state index >= 15 is 0 Å². The van der Waals surface area contributed by atoms with Crippen LogP contribution in [0.2, 0.25) is 0 Å². The standard InChI is InChI=1S/C27H33N7O3/c1-27(2,3)34-25(29-30-31-34)24(22-17-18-16-21(37-5)10-11-23(18)28-26(22)35)33-14-12-32(13-15-33)19-6-8-20(36-4)9-7-19/h6-11,16-17,24H,12-15H2,1-5H3,(H,28,35)/t24-/m0/s1. The zero-order chi connectivity index (χ0) is 26.2. The molecule has 0 radical (unpaired) electrons. The summed E-state index contributed by atoms with van der Waals surface area (Å²) in [4.78, 5) is 21.2. The Morgan fingerprint density at radius 3 is 2.24 bits per heavy atom. The Morgan fingerprint density at radius 2 is 1.59 bits per heavy atom. The second-order valence-corrected chi connectivity index (χ2v) is 10.3. The number of fused-ring (bicyclic) bond motifs is 1. The first-order valence-corrected chi connectivity index (χ1v) is 12.4. The van der Waals surface area contributed by atoms with Crippen molar-refractivity contribution in [2.45, 2.75) is 32.4 Å². The van der Waals surface area contributed by atoms with Crippen molar-refractivity contribution in [2.24, 2.45) is 0 Å². The first-order chi connectivity index (χ1) is 17.8. The van der Waals surface area contributed by atoms with Gasteiger partial charge in [0, 0.05) is 48.3 Å². The Labute approximate surface area is 215 Å². The number of hydrogen-bond donors (Lipinski definition) is 1. The van der Waals surface area contributed by atoms with Gasteiger partial charge >= 0.3 is 0 Å². The van der Waals surface area contributed by atoms with Crippen molar-refractivity contribution in [3.8, 4) is 11.5 Å². The molecule has 3 heterocycles. The summed E-state index contributed by atoms with van der Waals surface area (Å²) in [7, 11) is 3.31. The van der Waals surface area contributed by atoms with E-state index in [4.69, 9.17) is 9.47 Å². The molecular formula is C27H33N7O3. The molecule has 4 aromatic rings. The van der Waals surface area contributed by atoms with Crippen LogP contribution >= 0.6 is 0 Å². The maximum atomic E-state index is 13.5. The quantitative estimate of drug-likeness (QED) is 0.428. The number of hydrogen-bond acceptors (Lipinski definition) is 8. The summed E-state index contributed by atoms with van der Waals surface area (Å²) in [6, 6.07) is 15.3. The second kappa shape index (κ2) is 9.85. The van der Waals surface area contributed by atoms with E-state index < -0.39 is 6.04 Å². The number of anilines is 1. The maximum absolute atomic E-state index is 13.5. The van der Waals surface area contributed by atoms with Gasteiger partial charge in [0.05, 0.1) is 19.8 Å². The number of nitrogens with one attached hydrogen (secondary N) is 1. The van der Waals surface area contributed by atoms with Crippen molar-refractivity contribution >= 4 is 16.6 Å². The van der Waals surface area contributed by atoms with Gasteiger partial charge in [-0.05, 0) is 79.7 Å². The van der Waals surface area contributed by atoms with Gasteiger partial charge < -0.3 is 19.4 Å². The van der Waals surface area contributed by atoms with Crippen LogP contribution in [0.5, 0.6) is 11.5 Å². The third-order valence-corrected chi connectivity index (χ3v) is 6.87. The van der Waals surface area contributed by atoms with Crippen LogP contribution < -0.4 is 19.9 Å². The largest absolute Gasteiger partial charge is 0.497 e. The molecule has 1 saturated heterocycles. The van der Waals surface area contributed by atoms with Crippen molar-refractivity contribution in [3.05, 3.63) is 70.3 Å². The summed E-state index contributed by atoms with van der Waals surface area (Å²) >= 11 is 0. The van der Waals surface area contributed by atoms with Gasteiger partial charge in [0.25, 0.3) is 5.56 Å². The minimum absolute atomic E-state index is 0.149. The monoisotopic (exact) mass is 503 g/mol. The first-order valence-electron chi connectivity index (χ1n) is 12.4. The summed E-state index contributed by atoms with van der Waals surface area (Å²) in [6.45, 7) is 9.26. The Balaban J connectivity index is 1.53. The summed E-state index contributed by atoms with van der Waals surface area (Å²) < 4.78 is 12.5. The zero-order valence-electron chi connectivity index (χ0n) is 21.9. The molecule has 1 aliphatic heterocycles. The lowest BCUT2D eigenvalue weighted by Crippen LogP contribution is -2.49. The highest BCUT2D eigenvalue weighted by atomic mass is 16.5. The Bertz CT molecular complexity index is 1430. The highest BCUT2D eigenvalue weighted by molar-refractivity contribution is 5.80. The van der Waals surface area contributed by atoms with Gasteiger partial charge in [0.1, 0.15) is 17.5 Å². The normalized spacial score (nSPS) is 15.6. The van der Waals surface area contributed by atoms with Crippen LogP contribution in [0.4, 0.5) is 5.69 Å². The fraction of sp³-hybridized carbons (Fsp3) is 0.407. The SMILES string of the molecule is COc1ccc(N2CCN([C@@H](c3cc4cc(OC)ccc4[nH]c3=O)c3nnnn3C(C)(C)C)CC2)cc1. The molecule has 2 aromatic carbocycles. The summed E-state index contributed by atoms with van der Waals surface area (Å²) in [5.74, 6) is 2.22. The van der Waals surface area contributed by atoms with E-state index in [9.17, 15) is 4.79 Å². The van der Waals surface area contributed by atoms with E-state index in [1.807, 2.05) is 41.1 Å². The Morgan fingerprint density at radius 1 is 0.919 bits per heavy atom. The van der Waals surface area contributed by atoms with Gasteiger partial charge in [-0.3, -0.25) is 9.69 Å². The van der Waals surface area contributed by atoms with Gasteiger partial charge in [0.15, 0.2) is 5.82 Å². The number of methoxy groups -OCH3 is 2. The van der Waals surface area contributed by atoms with Crippen LogP contribution in [-0.4, -0.2) is 70.5 Å². The molecule has 10 nitrogen and oxygen atoms in total. The molecule has 1 fully saturated rings. The average molecular weight is 504 g/mol. The van der Waals surface area contributed by atoms with E-state index in [-0.39, 0.29) is 11.1 Å². The molecule has 37 heavy (non-hydrogen) atoms. The minimum Gasteiger partial charge on any atom is -0.497 e. The molecule has 0 unspecified atom stereocenters. The molecule has 1 atom stereocenters. The number of H-pyrrole nitrogens is 1. The van der Waals surface area contributed by atoms with Gasteiger partial charge in [0.2, 0.25) is 0 Å². The van der Waals surface area contributed by atoms with Gasteiger partial charge in [-0.15, -0.1) is 5.10 Å². The Hall–Kier alpha value is -3.92. The fourth-order valence-electron chi connectivity index (χ4n) is 4.90. The van der Waals surface area contributed by atoms with E-state index in [2.05, 4.69) is 63.2 Å². The first kappa shape index (κ1) is 24.8. The lowest BCUT2D eigenvalue weighted by Gasteiger charge is -2.40. The van der Waals surface area contributed by atoms with Crippen LogP contribution in [0.25, 0.3) is 10.9 Å². The van der Waals surface area contributed by atoms with E-state index in [0.717, 1.165) is 54.3 Å². The predicted molar refractivity (Wildman–Crippen MR) is 143 cm³/mol. The van der Waals surface area contributed by atoms with Crippen molar-refractivity contribution in [3.63, 3.8) is 0 Å². The lowest BCUT2D eigenvalue weighted by atomic mass is 10.0. The second-order valence-electron chi connectivity index (χ2n) is 10.3. The number of aromatic nitrogens is 5. The van der Waals surface area contributed by atoms with E-state index in [1.165, 1.54) is 0 Å². The highest BCUT2D eigenvalue weighted by Gasteiger charge is 2.35. The van der Waals surface area contributed by atoms with Crippen LogP contribution in [0.1, 0.15) is 38.2 Å². The number of rotatable bonds is 6. The predicted octanol–water partition coefficient (Wildman–Crippen LogP) is 3.20. The minimum atomic E-state index is -0.411. The van der Waals surface area contributed by atoms with Gasteiger partial charge in [-0.25, -0.2) is 4.68 Å². The molecule has 0 saturated carbocycles. The van der Waals surface area contributed by atoms with Crippen molar-refractivity contribution < 1.29 is 9.47 Å². The Kier molecular flexibility index (Phi) is 6.59. The smallest absolute Gasteiger partial charge is 0.253 e. The molecule has 2 aromatic heterocycles. The van der Waals surface area contributed by atoms with Crippen LogP contribution in [-0.2, 0) is 5.54 Å². The fourth-order valence-corrected chi connectivity index (χ4v) is 4.90. The molecule has 0 aliphatic carbocycles. The summed E-state index contributed by atoms with van der Waals surface area (Å²) in [5, 5.41) is 13.6. The molecule has 10 heteroatoms. The number of piperazine rings is 1. The van der Waals surface area contributed by atoms with E-state index in [1.54, 1.807) is 14.2 Å². The number of ether oxygens (including phenoxy) is 2. The van der Waals surface area contributed by atoms with Crippen LogP contribution in [0, 0.1) is 0 Å². The summed E-state index contributed by atoms with van der Waals surface area (Å²) in [5.41, 5.74) is 2.01. The van der Waals surface area contributed by atoms with Crippen molar-refractivity contribution in [2.75, 3.05) is 45.3 Å². The van der Waals surface area contributed by atoms with Crippen molar-refractivity contribution in [1.82, 2.24) is 30.1 Å². The topological polar surface area (TPSA) is 101 Å². The number of nitrogens with zero attached hydrogens (tertiary/aromatic N) is 6. The molecule has 0 amide bonds.